The van der Waals surface area contributed by atoms with Crippen molar-refractivity contribution >= 4 is 23.7 Å². The zero-order chi connectivity index (χ0) is 21.1. The molecule has 3 N–H and O–H groups in total. The highest BCUT2D eigenvalue weighted by atomic mass is 32.2. The van der Waals surface area contributed by atoms with Gasteiger partial charge in [-0.05, 0) is 41.7 Å². The summed E-state index contributed by atoms with van der Waals surface area (Å²) >= 11 is 1.29. The van der Waals surface area contributed by atoms with E-state index in [1.165, 1.54) is 28.5 Å². The summed E-state index contributed by atoms with van der Waals surface area (Å²) in [5.74, 6) is -2.19. The molecule has 1 atom stereocenters. The van der Waals surface area contributed by atoms with Crippen LogP contribution in [-0.4, -0.2) is 44.4 Å². The Morgan fingerprint density at radius 2 is 1.45 bits per heavy atom. The zero-order valence-corrected chi connectivity index (χ0v) is 17.2. The number of carbonyl (C=O) groups is 2. The van der Waals surface area contributed by atoms with Crippen LogP contribution in [0.1, 0.15) is 37.7 Å². The van der Waals surface area contributed by atoms with Crippen LogP contribution in [0.25, 0.3) is 11.1 Å². The van der Waals surface area contributed by atoms with Crippen molar-refractivity contribution < 1.29 is 24.9 Å². The SMILES string of the molecule is O=C(O)C[C@@](O)(CSCCCCCCc1ccc(-c2ccccc2)cc1)C(=O)O. The molecule has 0 heterocycles. The van der Waals surface area contributed by atoms with Gasteiger partial charge in [0.15, 0.2) is 5.60 Å². The number of aryl methyl sites for hydroxylation is 1. The fraction of sp³-hybridized carbons (Fsp3) is 0.391. The minimum atomic E-state index is -2.19. The van der Waals surface area contributed by atoms with Gasteiger partial charge in [-0.25, -0.2) is 4.79 Å². The summed E-state index contributed by atoms with van der Waals surface area (Å²) in [7, 11) is 0. The fourth-order valence-electron chi connectivity index (χ4n) is 3.06. The minimum absolute atomic E-state index is 0.109. The van der Waals surface area contributed by atoms with Crippen LogP contribution in [0, 0.1) is 0 Å². The second kappa shape index (κ2) is 11.6. The third-order valence-electron chi connectivity index (χ3n) is 4.75. The lowest BCUT2D eigenvalue weighted by Gasteiger charge is -2.20. The fourth-order valence-corrected chi connectivity index (χ4v) is 4.18. The van der Waals surface area contributed by atoms with Crippen LogP contribution in [0.2, 0.25) is 0 Å². The molecule has 2 aromatic rings. The minimum Gasteiger partial charge on any atom is -0.481 e. The number of hydrogen-bond donors (Lipinski definition) is 3. The molecule has 0 saturated carbocycles. The molecular weight excluding hydrogens is 388 g/mol. The summed E-state index contributed by atoms with van der Waals surface area (Å²) in [6.07, 6.45) is 4.37. The van der Waals surface area contributed by atoms with Gasteiger partial charge in [0.2, 0.25) is 0 Å². The molecule has 0 fully saturated rings. The van der Waals surface area contributed by atoms with Gasteiger partial charge in [-0.1, -0.05) is 67.4 Å². The Kier molecular flexibility index (Phi) is 9.22. The largest absolute Gasteiger partial charge is 0.481 e. The summed E-state index contributed by atoms with van der Waals surface area (Å²) in [5, 5.41) is 27.7. The molecule has 2 rings (SSSR count). The smallest absolute Gasteiger partial charge is 0.337 e. The number of thioether (sulfide) groups is 1. The predicted octanol–water partition coefficient (Wildman–Crippen LogP) is 4.48. The van der Waals surface area contributed by atoms with Crippen molar-refractivity contribution in [2.45, 2.75) is 44.1 Å². The maximum absolute atomic E-state index is 11.1. The molecular formula is C23H28O5S. The van der Waals surface area contributed by atoms with E-state index in [1.807, 2.05) is 18.2 Å². The van der Waals surface area contributed by atoms with Crippen LogP contribution in [0.3, 0.4) is 0 Å². The summed E-state index contributed by atoms with van der Waals surface area (Å²) in [4.78, 5) is 21.8. The normalized spacial score (nSPS) is 13.0. The number of aliphatic hydroxyl groups is 1. The topological polar surface area (TPSA) is 94.8 Å². The molecule has 0 aliphatic rings. The Hall–Kier alpha value is -2.31. The summed E-state index contributed by atoms with van der Waals surface area (Å²) in [5.41, 5.74) is 1.56. The van der Waals surface area contributed by atoms with Crippen molar-refractivity contribution in [1.82, 2.24) is 0 Å². The second-order valence-corrected chi connectivity index (χ2v) is 8.29. The number of aliphatic carboxylic acids is 2. The second-order valence-electron chi connectivity index (χ2n) is 7.19. The Morgan fingerprint density at radius 1 is 0.828 bits per heavy atom. The first-order chi connectivity index (χ1) is 13.9. The molecule has 6 heteroatoms. The van der Waals surface area contributed by atoms with E-state index < -0.39 is 24.0 Å². The Labute approximate surface area is 175 Å². The molecule has 156 valence electrons. The monoisotopic (exact) mass is 416 g/mol. The molecule has 2 aromatic carbocycles. The highest BCUT2D eigenvalue weighted by molar-refractivity contribution is 7.99. The van der Waals surface area contributed by atoms with E-state index in [4.69, 9.17) is 10.2 Å². The van der Waals surface area contributed by atoms with Gasteiger partial charge < -0.3 is 15.3 Å². The third-order valence-corrected chi connectivity index (χ3v) is 6.01. The quantitative estimate of drug-likeness (QED) is 0.417. The molecule has 0 bridgehead atoms. The van der Waals surface area contributed by atoms with Gasteiger partial charge in [-0.3, -0.25) is 4.79 Å². The summed E-state index contributed by atoms with van der Waals surface area (Å²) < 4.78 is 0. The highest BCUT2D eigenvalue weighted by Crippen LogP contribution is 2.21. The van der Waals surface area contributed by atoms with Crippen LogP contribution < -0.4 is 0 Å². The maximum Gasteiger partial charge on any atom is 0.337 e. The first-order valence-electron chi connectivity index (χ1n) is 9.80. The van der Waals surface area contributed by atoms with Crippen molar-refractivity contribution in [1.29, 1.82) is 0 Å². The van der Waals surface area contributed by atoms with E-state index in [2.05, 4.69) is 36.4 Å². The van der Waals surface area contributed by atoms with Gasteiger partial charge in [0.05, 0.1) is 6.42 Å². The average molecular weight is 417 g/mol. The van der Waals surface area contributed by atoms with Gasteiger partial charge in [0.1, 0.15) is 0 Å². The number of carboxylic acid groups (broad SMARTS) is 2. The molecule has 0 aliphatic carbocycles. The van der Waals surface area contributed by atoms with Crippen molar-refractivity contribution in [3.05, 3.63) is 60.2 Å². The summed E-state index contributed by atoms with van der Waals surface area (Å²) in [6, 6.07) is 19.0. The van der Waals surface area contributed by atoms with Crippen molar-refractivity contribution in [2.75, 3.05) is 11.5 Å². The van der Waals surface area contributed by atoms with Gasteiger partial charge in [0, 0.05) is 5.75 Å². The van der Waals surface area contributed by atoms with E-state index in [0.29, 0.717) is 5.75 Å². The van der Waals surface area contributed by atoms with Crippen LogP contribution in [0.15, 0.2) is 54.6 Å². The van der Waals surface area contributed by atoms with E-state index in [0.717, 1.165) is 32.1 Å². The van der Waals surface area contributed by atoms with E-state index >= 15 is 0 Å². The van der Waals surface area contributed by atoms with Crippen molar-refractivity contribution in [3.8, 4) is 11.1 Å². The third kappa shape index (κ3) is 7.91. The number of rotatable bonds is 13. The first-order valence-corrected chi connectivity index (χ1v) is 11.0. The van der Waals surface area contributed by atoms with Crippen LogP contribution in [0.5, 0.6) is 0 Å². The number of hydrogen-bond acceptors (Lipinski definition) is 4. The Morgan fingerprint density at radius 3 is 2.07 bits per heavy atom. The van der Waals surface area contributed by atoms with Crippen LogP contribution >= 0.6 is 11.8 Å². The lowest BCUT2D eigenvalue weighted by atomic mass is 10.0. The van der Waals surface area contributed by atoms with Gasteiger partial charge in [0.25, 0.3) is 0 Å². The van der Waals surface area contributed by atoms with Crippen LogP contribution in [0.4, 0.5) is 0 Å². The molecule has 0 amide bonds. The molecule has 0 aromatic heterocycles. The Balaban J connectivity index is 1.60. The predicted molar refractivity (Wildman–Crippen MR) is 116 cm³/mol. The average Bonchev–Trinajstić information content (AvgIpc) is 2.70. The van der Waals surface area contributed by atoms with E-state index in [-0.39, 0.29) is 5.75 Å². The molecule has 29 heavy (non-hydrogen) atoms. The lowest BCUT2D eigenvalue weighted by molar-refractivity contribution is -0.162. The van der Waals surface area contributed by atoms with Crippen molar-refractivity contribution in [3.63, 3.8) is 0 Å². The Bertz CT molecular complexity index is 776. The highest BCUT2D eigenvalue weighted by Gasteiger charge is 2.38. The van der Waals surface area contributed by atoms with Gasteiger partial charge in [-0.2, -0.15) is 11.8 Å². The molecule has 0 aliphatic heterocycles. The lowest BCUT2D eigenvalue weighted by Crippen LogP contribution is -2.43. The molecule has 5 nitrogen and oxygen atoms in total. The number of benzene rings is 2. The maximum atomic E-state index is 11.1. The molecule has 0 unspecified atom stereocenters. The van der Waals surface area contributed by atoms with E-state index in [9.17, 15) is 14.7 Å². The summed E-state index contributed by atoms with van der Waals surface area (Å²) in [6.45, 7) is 0. The standard InChI is InChI=1S/C23H28O5S/c24-21(25)16-23(28,22(26)27)17-29-15-7-2-1-4-8-18-11-13-20(14-12-18)19-9-5-3-6-10-19/h3,5-6,9-14,28H,1-2,4,7-8,15-17H2,(H,24,25)(H,26,27)/t23-/m1/s1. The number of carboxylic acids is 2. The van der Waals surface area contributed by atoms with E-state index in [1.54, 1.807) is 0 Å². The van der Waals surface area contributed by atoms with Gasteiger partial charge in [-0.15, -0.1) is 0 Å². The van der Waals surface area contributed by atoms with Crippen molar-refractivity contribution in [2.24, 2.45) is 0 Å². The number of unbranched alkanes of at least 4 members (excludes halogenated alkanes) is 3. The van der Waals surface area contributed by atoms with Crippen LogP contribution in [-0.2, 0) is 16.0 Å². The zero-order valence-electron chi connectivity index (χ0n) is 16.4. The first kappa shape index (κ1) is 23.0. The van der Waals surface area contributed by atoms with Gasteiger partial charge >= 0.3 is 11.9 Å². The molecule has 0 spiro atoms. The molecule has 0 radical (unpaired) electrons. The molecule has 0 saturated heterocycles.